The molecular weight excluding hydrogens is 283 g/mol. The molecule has 0 aromatic carbocycles. The molecule has 1 aromatic rings. The Bertz CT molecular complexity index is 431. The fourth-order valence-electron chi connectivity index (χ4n) is 2.35. The largest absolute Gasteiger partial charge is 0.372 e. The second-order valence-electron chi connectivity index (χ2n) is 4.70. The molecule has 4 nitrogen and oxygen atoms in total. The van der Waals surface area contributed by atoms with E-state index in [4.69, 9.17) is 23.2 Å². The molecule has 1 fully saturated rings. The van der Waals surface area contributed by atoms with Gasteiger partial charge in [0.05, 0.1) is 10.0 Å². The zero-order valence-electron chi connectivity index (χ0n) is 11.4. The van der Waals surface area contributed by atoms with Crippen LogP contribution in [0.5, 0.6) is 0 Å². The number of hydrogen-bond acceptors (Lipinski definition) is 4. The Morgan fingerprint density at radius 3 is 2.47 bits per heavy atom. The van der Waals surface area contributed by atoms with Crippen molar-refractivity contribution in [2.45, 2.75) is 13.3 Å². The molecule has 0 aliphatic carbocycles. The summed E-state index contributed by atoms with van der Waals surface area (Å²) in [4.78, 5) is 9.22. The summed E-state index contributed by atoms with van der Waals surface area (Å²) in [5, 5.41) is 4.17. The van der Waals surface area contributed by atoms with E-state index in [9.17, 15) is 0 Å². The van der Waals surface area contributed by atoms with E-state index in [2.05, 4.69) is 27.0 Å². The molecule has 1 aliphatic rings. The first kappa shape index (κ1) is 14.7. The summed E-state index contributed by atoms with van der Waals surface area (Å²) in [7, 11) is 1.81. The van der Waals surface area contributed by atoms with Gasteiger partial charge in [-0.15, -0.1) is 0 Å². The van der Waals surface area contributed by atoms with E-state index in [1.54, 1.807) is 6.07 Å². The molecule has 0 amide bonds. The van der Waals surface area contributed by atoms with Crippen LogP contribution in [0.4, 0.5) is 11.6 Å². The molecule has 0 spiro atoms. The van der Waals surface area contributed by atoms with Crippen LogP contribution in [0.15, 0.2) is 6.07 Å². The topological polar surface area (TPSA) is 31.4 Å². The third-order valence-electron chi connectivity index (χ3n) is 3.36. The van der Waals surface area contributed by atoms with Crippen LogP contribution in [0.25, 0.3) is 0 Å². The monoisotopic (exact) mass is 302 g/mol. The predicted octanol–water partition coefficient (Wildman–Crippen LogP) is 2.96. The van der Waals surface area contributed by atoms with Crippen molar-refractivity contribution in [3.8, 4) is 0 Å². The smallest absolute Gasteiger partial charge is 0.150 e. The van der Waals surface area contributed by atoms with E-state index in [0.717, 1.165) is 38.5 Å². The van der Waals surface area contributed by atoms with Gasteiger partial charge in [0.2, 0.25) is 0 Å². The molecule has 0 bridgehead atoms. The molecule has 0 saturated carbocycles. The van der Waals surface area contributed by atoms with E-state index in [0.29, 0.717) is 15.9 Å². The summed E-state index contributed by atoms with van der Waals surface area (Å²) in [5.74, 6) is 1.50. The highest BCUT2D eigenvalue weighted by molar-refractivity contribution is 6.37. The van der Waals surface area contributed by atoms with Crippen molar-refractivity contribution in [1.29, 1.82) is 0 Å². The zero-order chi connectivity index (χ0) is 13.8. The lowest BCUT2D eigenvalue weighted by Gasteiger charge is -2.35. The van der Waals surface area contributed by atoms with Gasteiger partial charge in [-0.25, -0.2) is 4.98 Å². The summed E-state index contributed by atoms with van der Waals surface area (Å²) in [6, 6.07) is 1.76. The molecule has 6 heteroatoms. The van der Waals surface area contributed by atoms with Crippen LogP contribution in [0, 0.1) is 0 Å². The number of rotatable bonds is 4. The highest BCUT2D eigenvalue weighted by atomic mass is 35.5. The molecule has 0 radical (unpaired) electrons. The Morgan fingerprint density at radius 1 is 1.21 bits per heavy atom. The second-order valence-corrected chi connectivity index (χ2v) is 5.52. The number of pyridine rings is 1. The number of anilines is 2. The molecule has 106 valence electrons. The summed E-state index contributed by atoms with van der Waals surface area (Å²) >= 11 is 12.3. The van der Waals surface area contributed by atoms with Crippen LogP contribution < -0.4 is 10.2 Å². The number of halogens is 2. The third-order valence-corrected chi connectivity index (χ3v) is 3.93. The van der Waals surface area contributed by atoms with Crippen molar-refractivity contribution < 1.29 is 0 Å². The predicted molar refractivity (Wildman–Crippen MR) is 82.7 cm³/mol. The molecule has 2 heterocycles. The maximum atomic E-state index is 6.26. The van der Waals surface area contributed by atoms with Crippen LogP contribution in [-0.2, 0) is 0 Å². The number of aromatic nitrogens is 1. The normalized spacial score (nSPS) is 16.7. The minimum atomic E-state index is 0.556. The van der Waals surface area contributed by atoms with Gasteiger partial charge in [0, 0.05) is 33.2 Å². The summed E-state index contributed by atoms with van der Waals surface area (Å²) < 4.78 is 0. The van der Waals surface area contributed by atoms with Crippen molar-refractivity contribution in [2.75, 3.05) is 50.0 Å². The van der Waals surface area contributed by atoms with Gasteiger partial charge >= 0.3 is 0 Å². The summed E-state index contributed by atoms with van der Waals surface area (Å²) in [6.07, 6.45) is 1.20. The van der Waals surface area contributed by atoms with Crippen molar-refractivity contribution >= 4 is 34.8 Å². The molecule has 1 aliphatic heterocycles. The summed E-state index contributed by atoms with van der Waals surface area (Å²) in [5.41, 5.74) is 0. The SMILES string of the molecule is CCCN1CCN(c2nc(NC)c(Cl)cc2Cl)CC1. The van der Waals surface area contributed by atoms with Gasteiger partial charge in [0.25, 0.3) is 0 Å². The molecule has 0 atom stereocenters. The van der Waals surface area contributed by atoms with Crippen LogP contribution in [0.3, 0.4) is 0 Å². The van der Waals surface area contributed by atoms with Crippen LogP contribution in [0.2, 0.25) is 10.0 Å². The molecular formula is C13H20Cl2N4. The minimum absolute atomic E-state index is 0.556. The Hall–Kier alpha value is -0.710. The second kappa shape index (κ2) is 6.64. The van der Waals surface area contributed by atoms with Crippen LogP contribution in [-0.4, -0.2) is 49.7 Å². The number of nitrogens with one attached hydrogen (secondary N) is 1. The van der Waals surface area contributed by atoms with E-state index in [1.807, 2.05) is 7.05 Å². The Balaban J connectivity index is 2.11. The van der Waals surface area contributed by atoms with E-state index in [1.165, 1.54) is 6.42 Å². The lowest BCUT2D eigenvalue weighted by Crippen LogP contribution is -2.47. The van der Waals surface area contributed by atoms with Gasteiger partial charge in [-0.05, 0) is 19.0 Å². The average molecular weight is 303 g/mol. The maximum absolute atomic E-state index is 6.26. The fraction of sp³-hybridized carbons (Fsp3) is 0.615. The molecule has 0 unspecified atom stereocenters. The van der Waals surface area contributed by atoms with E-state index in [-0.39, 0.29) is 0 Å². The first-order valence-corrected chi connectivity index (χ1v) is 7.42. The minimum Gasteiger partial charge on any atom is -0.372 e. The number of piperazine rings is 1. The number of nitrogens with zero attached hydrogens (tertiary/aromatic N) is 3. The first-order chi connectivity index (χ1) is 9.15. The van der Waals surface area contributed by atoms with Crippen molar-refractivity contribution in [2.24, 2.45) is 0 Å². The quantitative estimate of drug-likeness (QED) is 0.926. The van der Waals surface area contributed by atoms with Gasteiger partial charge < -0.3 is 10.2 Å². The van der Waals surface area contributed by atoms with Crippen LogP contribution in [0.1, 0.15) is 13.3 Å². The molecule has 1 N–H and O–H groups in total. The van der Waals surface area contributed by atoms with Gasteiger partial charge in [-0.3, -0.25) is 4.90 Å². The highest BCUT2D eigenvalue weighted by Gasteiger charge is 2.20. The average Bonchev–Trinajstić information content (AvgIpc) is 2.41. The molecule has 1 aromatic heterocycles. The molecule has 1 saturated heterocycles. The third kappa shape index (κ3) is 3.44. The standard InChI is InChI=1S/C13H20Cl2N4/c1-3-4-18-5-7-19(8-6-18)13-11(15)9-10(14)12(16-2)17-13/h9H,3-8H2,1-2H3,(H,16,17). The van der Waals surface area contributed by atoms with Gasteiger partial charge in [-0.2, -0.15) is 0 Å². The number of hydrogen-bond donors (Lipinski definition) is 1. The van der Waals surface area contributed by atoms with Gasteiger partial charge in [0.15, 0.2) is 0 Å². The highest BCUT2D eigenvalue weighted by Crippen LogP contribution is 2.31. The summed E-state index contributed by atoms with van der Waals surface area (Å²) in [6.45, 7) is 7.41. The molecule has 2 rings (SSSR count). The lowest BCUT2D eigenvalue weighted by molar-refractivity contribution is 0.258. The fourth-order valence-corrected chi connectivity index (χ4v) is 2.93. The maximum Gasteiger partial charge on any atom is 0.150 e. The molecule has 19 heavy (non-hydrogen) atoms. The Labute approximate surface area is 124 Å². The lowest BCUT2D eigenvalue weighted by atomic mass is 10.3. The van der Waals surface area contributed by atoms with Crippen molar-refractivity contribution in [3.63, 3.8) is 0 Å². The zero-order valence-corrected chi connectivity index (χ0v) is 12.9. The Kier molecular flexibility index (Phi) is 5.13. The van der Waals surface area contributed by atoms with Gasteiger partial charge in [0.1, 0.15) is 11.6 Å². The van der Waals surface area contributed by atoms with Crippen molar-refractivity contribution in [1.82, 2.24) is 9.88 Å². The van der Waals surface area contributed by atoms with Crippen LogP contribution >= 0.6 is 23.2 Å². The van der Waals surface area contributed by atoms with Gasteiger partial charge in [-0.1, -0.05) is 30.1 Å². The Morgan fingerprint density at radius 2 is 1.89 bits per heavy atom. The van der Waals surface area contributed by atoms with E-state index >= 15 is 0 Å². The first-order valence-electron chi connectivity index (χ1n) is 6.66. The van der Waals surface area contributed by atoms with E-state index < -0.39 is 0 Å². The van der Waals surface area contributed by atoms with Crippen molar-refractivity contribution in [3.05, 3.63) is 16.1 Å².